The Morgan fingerprint density at radius 3 is 2.78 bits per heavy atom. The van der Waals surface area contributed by atoms with Crippen LogP contribution in [0.5, 0.6) is 11.5 Å². The number of hydrogen-bond donors (Lipinski definition) is 2. The lowest BCUT2D eigenvalue weighted by atomic mass is 10.0. The molecule has 0 spiro atoms. The largest absolute Gasteiger partial charge is 0.493 e. The molecule has 0 fully saturated rings. The SMILES string of the molecule is COc1ccc(COC[C@H](O)CN[C@H]2CCSc3ccccc32)cc1OC. The molecule has 0 aromatic heterocycles. The summed E-state index contributed by atoms with van der Waals surface area (Å²) in [5.74, 6) is 2.46. The van der Waals surface area contributed by atoms with Crippen LogP contribution >= 0.6 is 11.8 Å². The maximum absolute atomic E-state index is 10.3. The van der Waals surface area contributed by atoms with Crippen molar-refractivity contribution in [3.8, 4) is 11.5 Å². The van der Waals surface area contributed by atoms with Gasteiger partial charge in [-0.25, -0.2) is 0 Å². The van der Waals surface area contributed by atoms with Gasteiger partial charge in [0.05, 0.1) is 33.5 Å². The summed E-state index contributed by atoms with van der Waals surface area (Å²) in [4.78, 5) is 1.33. The van der Waals surface area contributed by atoms with Crippen molar-refractivity contribution in [2.24, 2.45) is 0 Å². The Bertz CT molecular complexity index is 740. The Balaban J connectivity index is 1.44. The third-order valence-electron chi connectivity index (χ3n) is 4.59. The molecule has 0 amide bonds. The molecule has 1 aliphatic rings. The second-order valence-corrected chi connectivity index (χ2v) is 7.63. The topological polar surface area (TPSA) is 60.0 Å². The van der Waals surface area contributed by atoms with Gasteiger partial charge in [0.1, 0.15) is 0 Å². The summed E-state index contributed by atoms with van der Waals surface area (Å²) in [6.07, 6.45) is 0.521. The van der Waals surface area contributed by atoms with Crippen LogP contribution in [0.3, 0.4) is 0 Å². The molecular weight excluding hydrogens is 362 g/mol. The number of nitrogens with one attached hydrogen (secondary N) is 1. The molecule has 3 rings (SSSR count). The smallest absolute Gasteiger partial charge is 0.161 e. The van der Waals surface area contributed by atoms with E-state index in [1.54, 1.807) is 14.2 Å². The second kappa shape index (κ2) is 9.99. The average Bonchev–Trinajstić information content (AvgIpc) is 2.72. The van der Waals surface area contributed by atoms with Crippen molar-refractivity contribution in [2.45, 2.75) is 30.1 Å². The summed E-state index contributed by atoms with van der Waals surface area (Å²) in [5, 5.41) is 13.7. The van der Waals surface area contributed by atoms with Crippen molar-refractivity contribution < 1.29 is 19.3 Å². The van der Waals surface area contributed by atoms with Crippen molar-refractivity contribution in [2.75, 3.05) is 33.1 Å². The van der Waals surface area contributed by atoms with E-state index in [9.17, 15) is 5.11 Å². The van der Waals surface area contributed by atoms with Crippen LogP contribution in [0, 0.1) is 0 Å². The highest BCUT2D eigenvalue weighted by molar-refractivity contribution is 7.99. The van der Waals surface area contributed by atoms with Crippen molar-refractivity contribution in [1.82, 2.24) is 5.32 Å². The summed E-state index contributed by atoms with van der Waals surface area (Å²) in [6.45, 7) is 1.21. The number of benzene rings is 2. The third kappa shape index (κ3) is 5.39. The summed E-state index contributed by atoms with van der Waals surface area (Å²) in [6, 6.07) is 14.4. The minimum absolute atomic E-state index is 0.282. The maximum Gasteiger partial charge on any atom is 0.161 e. The number of thioether (sulfide) groups is 1. The number of aliphatic hydroxyl groups is 1. The van der Waals surface area contributed by atoms with Crippen molar-refractivity contribution in [1.29, 1.82) is 0 Å². The zero-order valence-corrected chi connectivity index (χ0v) is 16.6. The lowest BCUT2D eigenvalue weighted by Crippen LogP contribution is -2.34. The van der Waals surface area contributed by atoms with E-state index >= 15 is 0 Å². The molecule has 6 heteroatoms. The molecule has 2 aromatic carbocycles. The Labute approximate surface area is 165 Å². The van der Waals surface area contributed by atoms with Crippen molar-refractivity contribution in [3.05, 3.63) is 53.6 Å². The van der Waals surface area contributed by atoms with Crippen molar-refractivity contribution >= 4 is 11.8 Å². The van der Waals surface area contributed by atoms with E-state index < -0.39 is 6.10 Å². The van der Waals surface area contributed by atoms with E-state index in [0.717, 1.165) is 17.7 Å². The van der Waals surface area contributed by atoms with Gasteiger partial charge in [0, 0.05) is 17.5 Å². The van der Waals surface area contributed by atoms with Crippen LogP contribution in [-0.2, 0) is 11.3 Å². The van der Waals surface area contributed by atoms with Crippen LogP contribution in [0.15, 0.2) is 47.4 Å². The molecule has 2 aromatic rings. The quantitative estimate of drug-likeness (QED) is 0.685. The number of methoxy groups -OCH3 is 2. The lowest BCUT2D eigenvalue weighted by molar-refractivity contribution is 0.0274. The molecule has 146 valence electrons. The van der Waals surface area contributed by atoms with Gasteiger partial charge < -0.3 is 24.6 Å². The van der Waals surface area contributed by atoms with Gasteiger partial charge in [0.2, 0.25) is 0 Å². The first kappa shape index (κ1) is 20.0. The molecule has 2 atom stereocenters. The van der Waals surface area contributed by atoms with Gasteiger partial charge in [0.15, 0.2) is 11.5 Å². The van der Waals surface area contributed by atoms with Gasteiger partial charge >= 0.3 is 0 Å². The molecule has 0 saturated carbocycles. The highest BCUT2D eigenvalue weighted by Gasteiger charge is 2.20. The van der Waals surface area contributed by atoms with E-state index in [2.05, 4.69) is 29.6 Å². The van der Waals surface area contributed by atoms with Gasteiger partial charge in [0.25, 0.3) is 0 Å². The van der Waals surface area contributed by atoms with Crippen molar-refractivity contribution in [3.63, 3.8) is 0 Å². The van der Waals surface area contributed by atoms with Crippen LogP contribution in [-0.4, -0.2) is 44.3 Å². The van der Waals surface area contributed by atoms with E-state index in [-0.39, 0.29) is 6.61 Å². The standard InChI is InChI=1S/C21H27NO4S/c1-24-19-8-7-15(11-20(19)25-2)13-26-14-16(23)12-22-18-9-10-27-21-6-4-3-5-17(18)21/h3-8,11,16,18,22-23H,9-10,12-14H2,1-2H3/t16-,18+/m1/s1. The first-order valence-corrected chi connectivity index (χ1v) is 10.1. The monoisotopic (exact) mass is 389 g/mol. The molecule has 2 N–H and O–H groups in total. The molecule has 5 nitrogen and oxygen atoms in total. The summed E-state index contributed by atoms with van der Waals surface area (Å²) in [7, 11) is 3.22. The fourth-order valence-corrected chi connectivity index (χ4v) is 4.30. The van der Waals surface area contributed by atoms with Crippen LogP contribution < -0.4 is 14.8 Å². The highest BCUT2D eigenvalue weighted by Crippen LogP contribution is 2.35. The Hall–Kier alpha value is -1.73. The van der Waals surface area contributed by atoms with E-state index in [1.165, 1.54) is 10.5 Å². The summed E-state index contributed by atoms with van der Waals surface area (Å²) >= 11 is 1.90. The molecule has 0 saturated heterocycles. The molecule has 1 aliphatic heterocycles. The fraction of sp³-hybridized carbons (Fsp3) is 0.429. The van der Waals surface area contributed by atoms with Gasteiger partial charge in [-0.05, 0) is 41.5 Å². The number of ether oxygens (including phenoxy) is 3. The predicted octanol–water partition coefficient (Wildman–Crippen LogP) is 3.41. The maximum atomic E-state index is 10.3. The molecule has 0 aliphatic carbocycles. The number of aliphatic hydroxyl groups excluding tert-OH is 1. The first-order valence-electron chi connectivity index (χ1n) is 9.13. The number of rotatable bonds is 9. The minimum atomic E-state index is -0.549. The van der Waals surface area contributed by atoms with E-state index in [1.807, 2.05) is 30.0 Å². The Morgan fingerprint density at radius 1 is 1.15 bits per heavy atom. The normalized spacial score (nSPS) is 17.2. The van der Waals surface area contributed by atoms with Crippen LogP contribution in [0.4, 0.5) is 0 Å². The molecular formula is C21H27NO4S. The van der Waals surface area contributed by atoms with E-state index in [4.69, 9.17) is 14.2 Å². The van der Waals surface area contributed by atoms with Crippen LogP contribution in [0.2, 0.25) is 0 Å². The molecule has 1 heterocycles. The summed E-state index contributed by atoms with van der Waals surface area (Å²) in [5.41, 5.74) is 2.30. The van der Waals surface area contributed by atoms with Crippen LogP contribution in [0.25, 0.3) is 0 Å². The van der Waals surface area contributed by atoms with Gasteiger partial charge in [-0.15, -0.1) is 11.8 Å². The minimum Gasteiger partial charge on any atom is -0.493 e. The summed E-state index contributed by atoms with van der Waals surface area (Å²) < 4.78 is 16.2. The fourth-order valence-electron chi connectivity index (χ4n) is 3.17. The van der Waals surface area contributed by atoms with Gasteiger partial charge in [-0.1, -0.05) is 24.3 Å². The zero-order chi connectivity index (χ0) is 19.1. The lowest BCUT2D eigenvalue weighted by Gasteiger charge is -2.27. The molecule has 0 unspecified atom stereocenters. The second-order valence-electron chi connectivity index (χ2n) is 6.49. The number of hydrogen-bond acceptors (Lipinski definition) is 6. The third-order valence-corrected chi connectivity index (χ3v) is 5.71. The molecule has 27 heavy (non-hydrogen) atoms. The average molecular weight is 390 g/mol. The zero-order valence-electron chi connectivity index (χ0n) is 15.8. The van der Waals surface area contributed by atoms with Gasteiger partial charge in [-0.3, -0.25) is 0 Å². The first-order chi connectivity index (χ1) is 13.2. The van der Waals surface area contributed by atoms with Gasteiger partial charge in [-0.2, -0.15) is 0 Å². The van der Waals surface area contributed by atoms with E-state index in [0.29, 0.717) is 30.7 Å². The Morgan fingerprint density at radius 2 is 1.96 bits per heavy atom. The predicted molar refractivity (Wildman–Crippen MR) is 108 cm³/mol. The number of fused-ring (bicyclic) bond motifs is 1. The highest BCUT2D eigenvalue weighted by atomic mass is 32.2. The molecule has 0 bridgehead atoms. The van der Waals surface area contributed by atoms with Crippen LogP contribution in [0.1, 0.15) is 23.6 Å². The molecule has 0 radical (unpaired) electrons. The Kier molecular flexibility index (Phi) is 7.41.